The van der Waals surface area contributed by atoms with Gasteiger partial charge in [-0.05, 0) is 57.0 Å². The third kappa shape index (κ3) is 4.63. The molecule has 0 saturated heterocycles. The molecule has 0 heterocycles. The molecule has 1 N–H and O–H groups in total. The average Bonchev–Trinajstić information content (AvgIpc) is 2.41. The number of nitrogens with one attached hydrogen (secondary N) is 1. The number of carbonyl (C=O) groups excluding carboxylic acids is 1. The molecule has 0 aliphatic heterocycles. The average molecular weight is 352 g/mol. The zero-order valence-corrected chi connectivity index (χ0v) is 15.0. The molecule has 0 aliphatic rings. The molecule has 0 aromatic heterocycles. The molecule has 0 fully saturated rings. The highest BCUT2D eigenvalue weighted by Crippen LogP contribution is 2.26. The Kier molecular flexibility index (Phi) is 5.55. The molecule has 2 aromatic rings. The molecular formula is C18H19Cl2NO2. The monoisotopic (exact) mass is 351 g/mol. The van der Waals surface area contributed by atoms with Crippen molar-refractivity contribution in [1.29, 1.82) is 0 Å². The summed E-state index contributed by atoms with van der Waals surface area (Å²) in [4.78, 5) is 12.4. The second kappa shape index (κ2) is 7.24. The quantitative estimate of drug-likeness (QED) is 0.808. The lowest BCUT2D eigenvalue weighted by molar-refractivity contribution is -0.122. The Morgan fingerprint density at radius 3 is 2.04 bits per heavy atom. The van der Waals surface area contributed by atoms with Gasteiger partial charge in [-0.25, -0.2) is 0 Å². The summed E-state index contributed by atoms with van der Waals surface area (Å²) in [7, 11) is 0. The minimum Gasteiger partial charge on any atom is -0.481 e. The first-order chi connectivity index (χ1) is 10.8. The van der Waals surface area contributed by atoms with E-state index in [-0.39, 0.29) is 5.91 Å². The molecule has 23 heavy (non-hydrogen) atoms. The van der Waals surface area contributed by atoms with Crippen LogP contribution in [0.15, 0.2) is 30.3 Å². The lowest BCUT2D eigenvalue weighted by Crippen LogP contribution is -2.30. The van der Waals surface area contributed by atoms with E-state index >= 15 is 0 Å². The maximum absolute atomic E-state index is 12.4. The summed E-state index contributed by atoms with van der Waals surface area (Å²) in [6.45, 7) is 7.65. The first kappa shape index (κ1) is 17.6. The van der Waals surface area contributed by atoms with Crippen LogP contribution in [-0.2, 0) is 4.79 Å². The second-order valence-corrected chi connectivity index (χ2v) is 6.50. The Bertz CT molecular complexity index is 701. The van der Waals surface area contributed by atoms with Gasteiger partial charge in [0.2, 0.25) is 0 Å². The number of anilines is 1. The van der Waals surface area contributed by atoms with Crippen molar-refractivity contribution in [2.45, 2.75) is 33.8 Å². The largest absolute Gasteiger partial charge is 0.481 e. The molecule has 2 rings (SSSR count). The number of ether oxygens (including phenoxy) is 1. The van der Waals surface area contributed by atoms with Crippen LogP contribution in [0.1, 0.15) is 23.6 Å². The summed E-state index contributed by atoms with van der Waals surface area (Å²) in [5.74, 6) is 0.235. The molecule has 0 radical (unpaired) electrons. The standard InChI is InChI=1S/C18H19Cl2NO2/c1-10-5-11(2)17(12(3)6-10)21-18(22)13(4)23-16-8-14(19)7-15(20)9-16/h5-9,13H,1-4H3,(H,21,22). The van der Waals surface area contributed by atoms with Crippen molar-refractivity contribution in [3.8, 4) is 5.75 Å². The van der Waals surface area contributed by atoms with Crippen molar-refractivity contribution in [2.75, 3.05) is 5.32 Å². The molecule has 5 heteroatoms. The third-order valence-electron chi connectivity index (χ3n) is 3.44. The number of hydrogen-bond acceptors (Lipinski definition) is 2. The second-order valence-electron chi connectivity index (χ2n) is 5.63. The van der Waals surface area contributed by atoms with Gasteiger partial charge >= 0.3 is 0 Å². The Morgan fingerprint density at radius 1 is 1.00 bits per heavy atom. The fourth-order valence-electron chi connectivity index (χ4n) is 2.46. The number of benzene rings is 2. The fraction of sp³-hybridized carbons (Fsp3) is 0.278. The molecule has 0 aliphatic carbocycles. The molecule has 3 nitrogen and oxygen atoms in total. The maximum Gasteiger partial charge on any atom is 0.265 e. The molecule has 1 atom stereocenters. The minimum absolute atomic E-state index is 0.226. The van der Waals surface area contributed by atoms with Gasteiger partial charge in [-0.3, -0.25) is 4.79 Å². The Labute approximate surface area is 146 Å². The predicted molar refractivity (Wildman–Crippen MR) is 95.8 cm³/mol. The lowest BCUT2D eigenvalue weighted by Gasteiger charge is -2.18. The van der Waals surface area contributed by atoms with E-state index in [4.69, 9.17) is 27.9 Å². The zero-order valence-electron chi connectivity index (χ0n) is 13.5. The van der Waals surface area contributed by atoms with E-state index < -0.39 is 6.10 Å². The summed E-state index contributed by atoms with van der Waals surface area (Å²) < 4.78 is 5.63. The number of aryl methyl sites for hydroxylation is 3. The smallest absolute Gasteiger partial charge is 0.265 e. The summed E-state index contributed by atoms with van der Waals surface area (Å²) in [6.07, 6.45) is -0.676. The van der Waals surface area contributed by atoms with Crippen LogP contribution in [0.5, 0.6) is 5.75 Å². The van der Waals surface area contributed by atoms with E-state index in [0.717, 1.165) is 22.4 Å². The lowest BCUT2D eigenvalue weighted by atomic mass is 10.0. The SMILES string of the molecule is Cc1cc(C)c(NC(=O)C(C)Oc2cc(Cl)cc(Cl)c2)c(C)c1. The van der Waals surface area contributed by atoms with Gasteiger partial charge < -0.3 is 10.1 Å². The molecule has 0 saturated carbocycles. The molecule has 1 unspecified atom stereocenters. The molecule has 0 bridgehead atoms. The molecule has 2 aromatic carbocycles. The van der Waals surface area contributed by atoms with Crippen molar-refractivity contribution < 1.29 is 9.53 Å². The van der Waals surface area contributed by atoms with Crippen molar-refractivity contribution >= 4 is 34.8 Å². The highest BCUT2D eigenvalue weighted by atomic mass is 35.5. The van der Waals surface area contributed by atoms with Gasteiger partial charge in [0.05, 0.1) is 0 Å². The molecule has 1 amide bonds. The number of rotatable bonds is 4. The molecule has 0 spiro atoms. The first-order valence-electron chi connectivity index (χ1n) is 7.27. The van der Waals surface area contributed by atoms with E-state index in [1.165, 1.54) is 0 Å². The van der Waals surface area contributed by atoms with E-state index in [1.54, 1.807) is 25.1 Å². The Hall–Kier alpha value is -1.71. The minimum atomic E-state index is -0.676. The highest BCUT2D eigenvalue weighted by molar-refractivity contribution is 6.34. The summed E-state index contributed by atoms with van der Waals surface area (Å²) in [6, 6.07) is 8.93. The van der Waals surface area contributed by atoms with Gasteiger partial charge in [0, 0.05) is 15.7 Å². The van der Waals surface area contributed by atoms with Crippen molar-refractivity contribution in [1.82, 2.24) is 0 Å². The van der Waals surface area contributed by atoms with Crippen LogP contribution in [-0.4, -0.2) is 12.0 Å². The topological polar surface area (TPSA) is 38.3 Å². The molecular weight excluding hydrogens is 333 g/mol. The van der Waals surface area contributed by atoms with Crippen LogP contribution in [0.4, 0.5) is 5.69 Å². The van der Waals surface area contributed by atoms with Gasteiger partial charge in [-0.2, -0.15) is 0 Å². The fourth-order valence-corrected chi connectivity index (χ4v) is 2.96. The van der Waals surface area contributed by atoms with Crippen LogP contribution < -0.4 is 10.1 Å². The summed E-state index contributed by atoms with van der Waals surface area (Å²) in [5.41, 5.74) is 4.03. The van der Waals surface area contributed by atoms with Gasteiger partial charge in [-0.1, -0.05) is 40.9 Å². The number of carbonyl (C=O) groups is 1. The first-order valence-corrected chi connectivity index (χ1v) is 8.03. The van der Waals surface area contributed by atoms with E-state index in [0.29, 0.717) is 15.8 Å². The number of hydrogen-bond donors (Lipinski definition) is 1. The van der Waals surface area contributed by atoms with Crippen molar-refractivity contribution in [3.05, 3.63) is 57.1 Å². The van der Waals surface area contributed by atoms with Gasteiger partial charge in [0.25, 0.3) is 5.91 Å². The molecule has 122 valence electrons. The zero-order chi connectivity index (χ0) is 17.1. The van der Waals surface area contributed by atoms with E-state index in [1.807, 2.05) is 32.9 Å². The van der Waals surface area contributed by atoms with Gasteiger partial charge in [0.15, 0.2) is 6.10 Å². The Morgan fingerprint density at radius 2 is 1.52 bits per heavy atom. The van der Waals surface area contributed by atoms with Crippen LogP contribution in [0, 0.1) is 20.8 Å². The van der Waals surface area contributed by atoms with Crippen LogP contribution in [0.3, 0.4) is 0 Å². The summed E-state index contributed by atoms with van der Waals surface area (Å²) in [5, 5.41) is 3.85. The third-order valence-corrected chi connectivity index (χ3v) is 3.88. The van der Waals surface area contributed by atoms with Crippen molar-refractivity contribution in [2.24, 2.45) is 0 Å². The van der Waals surface area contributed by atoms with Crippen LogP contribution >= 0.6 is 23.2 Å². The maximum atomic E-state index is 12.4. The normalized spacial score (nSPS) is 11.9. The summed E-state index contributed by atoms with van der Waals surface area (Å²) >= 11 is 11.9. The van der Waals surface area contributed by atoms with Gasteiger partial charge in [-0.15, -0.1) is 0 Å². The van der Waals surface area contributed by atoms with Crippen LogP contribution in [0.2, 0.25) is 10.0 Å². The number of amides is 1. The van der Waals surface area contributed by atoms with Crippen LogP contribution in [0.25, 0.3) is 0 Å². The highest BCUT2D eigenvalue weighted by Gasteiger charge is 2.17. The van der Waals surface area contributed by atoms with Crippen molar-refractivity contribution in [3.63, 3.8) is 0 Å². The van der Waals surface area contributed by atoms with E-state index in [9.17, 15) is 4.79 Å². The Balaban J connectivity index is 2.11. The van der Waals surface area contributed by atoms with E-state index in [2.05, 4.69) is 5.32 Å². The predicted octanol–water partition coefficient (Wildman–Crippen LogP) is 5.32. The number of halogens is 2. The van der Waals surface area contributed by atoms with Gasteiger partial charge in [0.1, 0.15) is 5.75 Å².